The Morgan fingerprint density at radius 1 is 1.62 bits per heavy atom. The van der Waals surface area contributed by atoms with Crippen molar-refractivity contribution < 1.29 is 0 Å². The van der Waals surface area contributed by atoms with Crippen molar-refractivity contribution >= 4 is 15.9 Å². The highest BCUT2D eigenvalue weighted by molar-refractivity contribution is 9.10. The third-order valence-electron chi connectivity index (χ3n) is 2.58. The summed E-state index contributed by atoms with van der Waals surface area (Å²) in [6, 6.07) is 0. The van der Waals surface area contributed by atoms with Crippen LogP contribution in [0.15, 0.2) is 4.60 Å². The van der Waals surface area contributed by atoms with Gasteiger partial charge in [-0.15, -0.1) is 5.10 Å². The number of nitrogens with one attached hydrogen (secondary N) is 1. The average Bonchev–Trinajstić information content (AvgIpc) is 2.72. The molecular weight excluding hydrogens is 232 g/mol. The maximum Gasteiger partial charge on any atom is 0.152 e. The van der Waals surface area contributed by atoms with Gasteiger partial charge in [-0.25, -0.2) is 4.68 Å². The number of nitrogens with zero attached hydrogens (tertiary/aromatic N) is 3. The Bertz CT molecular complexity index is 296. The van der Waals surface area contributed by atoms with E-state index >= 15 is 0 Å². The maximum absolute atomic E-state index is 3.93. The SMILES string of the molecule is Cn1nnc(Br)c1CNC1(C)CC1. The second kappa shape index (κ2) is 3.06. The first-order valence-electron chi connectivity index (χ1n) is 4.40. The van der Waals surface area contributed by atoms with E-state index in [1.54, 1.807) is 4.68 Å². The maximum atomic E-state index is 3.93. The quantitative estimate of drug-likeness (QED) is 0.870. The van der Waals surface area contributed by atoms with Crippen molar-refractivity contribution in [3.63, 3.8) is 0 Å². The number of hydrogen-bond acceptors (Lipinski definition) is 3. The van der Waals surface area contributed by atoms with E-state index in [2.05, 4.69) is 38.5 Å². The molecule has 13 heavy (non-hydrogen) atoms. The van der Waals surface area contributed by atoms with Gasteiger partial charge in [0.1, 0.15) is 0 Å². The van der Waals surface area contributed by atoms with Crippen LogP contribution in [-0.4, -0.2) is 20.5 Å². The minimum absolute atomic E-state index is 0.365. The molecule has 0 aliphatic heterocycles. The molecule has 72 valence electrons. The predicted molar refractivity (Wildman–Crippen MR) is 53.2 cm³/mol. The molecule has 1 fully saturated rings. The summed E-state index contributed by atoms with van der Waals surface area (Å²) in [5.41, 5.74) is 1.47. The number of aromatic nitrogens is 3. The largest absolute Gasteiger partial charge is 0.306 e. The average molecular weight is 245 g/mol. The van der Waals surface area contributed by atoms with Gasteiger partial charge in [0, 0.05) is 19.1 Å². The minimum atomic E-state index is 0.365. The van der Waals surface area contributed by atoms with E-state index in [1.165, 1.54) is 12.8 Å². The second-order valence-corrected chi connectivity index (χ2v) is 4.62. The monoisotopic (exact) mass is 244 g/mol. The van der Waals surface area contributed by atoms with Crippen molar-refractivity contribution in [1.29, 1.82) is 0 Å². The molecule has 1 aromatic rings. The van der Waals surface area contributed by atoms with Crippen LogP contribution in [0.3, 0.4) is 0 Å². The van der Waals surface area contributed by atoms with Crippen molar-refractivity contribution in [1.82, 2.24) is 20.3 Å². The number of hydrogen-bond donors (Lipinski definition) is 1. The van der Waals surface area contributed by atoms with Crippen molar-refractivity contribution in [2.45, 2.75) is 31.8 Å². The van der Waals surface area contributed by atoms with Gasteiger partial charge in [-0.3, -0.25) is 0 Å². The highest BCUT2D eigenvalue weighted by Crippen LogP contribution is 2.34. The summed E-state index contributed by atoms with van der Waals surface area (Å²) >= 11 is 3.37. The first-order valence-corrected chi connectivity index (χ1v) is 5.19. The normalized spacial score (nSPS) is 19.0. The van der Waals surface area contributed by atoms with Gasteiger partial charge in [0.25, 0.3) is 0 Å². The van der Waals surface area contributed by atoms with Gasteiger partial charge >= 0.3 is 0 Å². The molecule has 1 heterocycles. The lowest BCUT2D eigenvalue weighted by Crippen LogP contribution is -2.28. The molecule has 1 N–H and O–H groups in total. The fourth-order valence-corrected chi connectivity index (χ4v) is 1.67. The van der Waals surface area contributed by atoms with E-state index < -0.39 is 0 Å². The summed E-state index contributed by atoms with van der Waals surface area (Å²) in [6.45, 7) is 3.07. The summed E-state index contributed by atoms with van der Waals surface area (Å²) < 4.78 is 2.63. The summed E-state index contributed by atoms with van der Waals surface area (Å²) in [5, 5.41) is 11.3. The Morgan fingerprint density at radius 2 is 2.31 bits per heavy atom. The molecule has 0 amide bonds. The number of rotatable bonds is 3. The molecule has 0 spiro atoms. The zero-order chi connectivity index (χ0) is 9.47. The molecule has 2 rings (SSSR count). The molecule has 1 aliphatic rings. The van der Waals surface area contributed by atoms with E-state index in [9.17, 15) is 0 Å². The third-order valence-corrected chi connectivity index (χ3v) is 3.19. The minimum Gasteiger partial charge on any atom is -0.306 e. The molecule has 0 atom stereocenters. The van der Waals surface area contributed by atoms with Gasteiger partial charge in [0.15, 0.2) is 4.60 Å². The Labute approximate surface area is 85.8 Å². The molecule has 4 nitrogen and oxygen atoms in total. The van der Waals surface area contributed by atoms with Crippen LogP contribution in [0.25, 0.3) is 0 Å². The Morgan fingerprint density at radius 3 is 2.77 bits per heavy atom. The standard InChI is InChI=1S/C8H13BrN4/c1-8(3-4-8)10-5-6-7(9)11-12-13(6)2/h10H,3-5H2,1-2H3. The van der Waals surface area contributed by atoms with Gasteiger partial charge in [-0.2, -0.15) is 0 Å². The summed E-state index contributed by atoms with van der Waals surface area (Å²) in [5.74, 6) is 0. The van der Waals surface area contributed by atoms with E-state index in [0.29, 0.717) is 5.54 Å². The molecule has 1 aromatic heterocycles. The van der Waals surface area contributed by atoms with Crippen LogP contribution in [0.1, 0.15) is 25.5 Å². The van der Waals surface area contributed by atoms with Crippen LogP contribution in [0, 0.1) is 0 Å². The van der Waals surface area contributed by atoms with E-state index in [4.69, 9.17) is 0 Å². The fourth-order valence-electron chi connectivity index (χ4n) is 1.20. The van der Waals surface area contributed by atoms with Crippen molar-refractivity contribution in [3.05, 3.63) is 10.3 Å². The fraction of sp³-hybridized carbons (Fsp3) is 0.750. The van der Waals surface area contributed by atoms with E-state index in [-0.39, 0.29) is 0 Å². The lowest BCUT2D eigenvalue weighted by molar-refractivity contribution is 0.516. The molecule has 0 bridgehead atoms. The molecule has 1 saturated carbocycles. The third kappa shape index (κ3) is 1.91. The van der Waals surface area contributed by atoms with Crippen LogP contribution in [0.4, 0.5) is 0 Å². The summed E-state index contributed by atoms with van der Waals surface area (Å²) in [7, 11) is 1.91. The van der Waals surface area contributed by atoms with Crippen LogP contribution in [-0.2, 0) is 13.6 Å². The van der Waals surface area contributed by atoms with Crippen LogP contribution in [0.2, 0.25) is 0 Å². The first-order chi connectivity index (χ1) is 6.11. The van der Waals surface area contributed by atoms with Crippen LogP contribution in [0.5, 0.6) is 0 Å². The molecular formula is C8H13BrN4. The Kier molecular flexibility index (Phi) is 2.15. The molecule has 0 saturated heterocycles. The van der Waals surface area contributed by atoms with E-state index in [0.717, 1.165) is 16.8 Å². The second-order valence-electron chi connectivity index (χ2n) is 3.86. The zero-order valence-corrected chi connectivity index (χ0v) is 9.43. The highest BCUT2D eigenvalue weighted by Gasteiger charge is 2.36. The van der Waals surface area contributed by atoms with Crippen molar-refractivity contribution in [2.75, 3.05) is 0 Å². The smallest absolute Gasteiger partial charge is 0.152 e. The van der Waals surface area contributed by atoms with Crippen molar-refractivity contribution in [3.8, 4) is 0 Å². The van der Waals surface area contributed by atoms with E-state index in [1.807, 2.05) is 7.05 Å². The lowest BCUT2D eigenvalue weighted by Gasteiger charge is -2.10. The lowest BCUT2D eigenvalue weighted by atomic mass is 10.3. The van der Waals surface area contributed by atoms with Gasteiger partial charge in [-0.05, 0) is 35.7 Å². The van der Waals surface area contributed by atoms with Gasteiger partial charge in [0.2, 0.25) is 0 Å². The number of halogens is 1. The highest BCUT2D eigenvalue weighted by atomic mass is 79.9. The topological polar surface area (TPSA) is 42.7 Å². The Hall–Kier alpha value is -0.420. The van der Waals surface area contributed by atoms with Gasteiger partial charge < -0.3 is 5.32 Å². The summed E-state index contributed by atoms with van der Waals surface area (Å²) in [6.07, 6.45) is 2.55. The first kappa shape index (κ1) is 9.15. The predicted octanol–water partition coefficient (Wildman–Crippen LogP) is 1.22. The number of aryl methyl sites for hydroxylation is 1. The van der Waals surface area contributed by atoms with Crippen LogP contribution < -0.4 is 5.32 Å². The molecule has 0 radical (unpaired) electrons. The van der Waals surface area contributed by atoms with Gasteiger partial charge in [-0.1, -0.05) is 5.21 Å². The summed E-state index contributed by atoms with van der Waals surface area (Å²) in [4.78, 5) is 0. The van der Waals surface area contributed by atoms with Crippen LogP contribution >= 0.6 is 15.9 Å². The van der Waals surface area contributed by atoms with Crippen molar-refractivity contribution in [2.24, 2.45) is 7.05 Å². The molecule has 1 aliphatic carbocycles. The molecule has 0 unspecified atom stereocenters. The zero-order valence-electron chi connectivity index (χ0n) is 7.84. The molecule has 5 heteroatoms. The molecule has 0 aromatic carbocycles. The Balaban J connectivity index is 2.00. The van der Waals surface area contributed by atoms with Gasteiger partial charge in [0.05, 0.1) is 5.69 Å².